The van der Waals surface area contributed by atoms with E-state index in [4.69, 9.17) is 9.15 Å². The normalized spacial score (nSPS) is 10.9. The van der Waals surface area contributed by atoms with E-state index in [-0.39, 0.29) is 29.7 Å². The number of nitrogens with one attached hydrogen (secondary N) is 2. The highest BCUT2D eigenvalue weighted by atomic mass is 127. The highest BCUT2D eigenvalue weighted by molar-refractivity contribution is 14.0. The maximum Gasteiger partial charge on any atom is 0.269 e. The number of nitrogens with zero attached hydrogens (tertiary/aromatic N) is 2. The lowest BCUT2D eigenvalue weighted by atomic mass is 10.2. The molecule has 2 N–H and O–H groups in total. The summed E-state index contributed by atoms with van der Waals surface area (Å²) >= 11 is 0. The predicted molar refractivity (Wildman–Crippen MR) is 110 cm³/mol. The van der Waals surface area contributed by atoms with E-state index >= 15 is 0 Å². The van der Waals surface area contributed by atoms with Crippen molar-refractivity contribution in [3.05, 3.63) is 64.1 Å². The average molecular weight is 474 g/mol. The highest BCUT2D eigenvalue weighted by Crippen LogP contribution is 2.12. The Bertz CT molecular complexity index is 692. The van der Waals surface area contributed by atoms with Crippen LogP contribution in [0.1, 0.15) is 17.7 Å². The average Bonchev–Trinajstić information content (AvgIpc) is 3.14. The van der Waals surface area contributed by atoms with Crippen molar-refractivity contribution in [3.63, 3.8) is 0 Å². The van der Waals surface area contributed by atoms with Gasteiger partial charge in [-0.25, -0.2) is 0 Å². The first-order valence-corrected chi connectivity index (χ1v) is 7.97. The number of benzene rings is 1. The number of furan rings is 1. The van der Waals surface area contributed by atoms with Gasteiger partial charge in [-0.2, -0.15) is 0 Å². The number of non-ortho nitro benzene ring substituents is 1. The van der Waals surface area contributed by atoms with Crippen molar-refractivity contribution in [1.82, 2.24) is 10.6 Å². The molecular formula is C17H23IN4O4. The standard InChI is InChI=1S/C17H22N4O4.HI/c1-18-17(19-8-4-9-24-13-16-7-3-10-25-16)20-12-14-5-2-6-15(11-14)21(22)23;/h2-3,5-7,10-11H,4,8-9,12-13H2,1H3,(H2,18,19,20);1H. The molecule has 0 aliphatic carbocycles. The van der Waals surface area contributed by atoms with Crippen LogP contribution in [0, 0.1) is 10.1 Å². The molecule has 0 saturated carbocycles. The number of rotatable bonds is 9. The largest absolute Gasteiger partial charge is 0.467 e. The van der Waals surface area contributed by atoms with Gasteiger partial charge in [0.2, 0.25) is 0 Å². The molecule has 0 unspecified atom stereocenters. The molecule has 0 fully saturated rings. The van der Waals surface area contributed by atoms with Gasteiger partial charge >= 0.3 is 0 Å². The fourth-order valence-corrected chi connectivity index (χ4v) is 2.13. The van der Waals surface area contributed by atoms with Crippen LogP contribution >= 0.6 is 24.0 Å². The maximum absolute atomic E-state index is 10.8. The van der Waals surface area contributed by atoms with Crippen LogP contribution in [-0.4, -0.2) is 31.1 Å². The Morgan fingerprint density at radius 3 is 2.85 bits per heavy atom. The van der Waals surface area contributed by atoms with Crippen molar-refractivity contribution in [2.24, 2.45) is 4.99 Å². The Kier molecular flexibility index (Phi) is 10.3. The summed E-state index contributed by atoms with van der Waals surface area (Å²) in [5.41, 5.74) is 0.898. The predicted octanol–water partition coefficient (Wildman–Crippen LogP) is 3.08. The highest BCUT2D eigenvalue weighted by Gasteiger charge is 2.06. The molecule has 0 spiro atoms. The number of halogens is 1. The minimum atomic E-state index is -0.403. The number of nitro benzene ring substituents is 1. The van der Waals surface area contributed by atoms with Gasteiger partial charge in [0, 0.05) is 38.9 Å². The first kappa shape index (κ1) is 21.9. The van der Waals surface area contributed by atoms with Crippen molar-refractivity contribution in [1.29, 1.82) is 0 Å². The zero-order valence-corrected chi connectivity index (χ0v) is 16.8. The summed E-state index contributed by atoms with van der Waals surface area (Å²) in [5.74, 6) is 1.44. The Hall–Kier alpha value is -2.14. The molecule has 0 amide bonds. The van der Waals surface area contributed by atoms with Crippen molar-refractivity contribution in [2.45, 2.75) is 19.6 Å². The molecule has 1 aromatic carbocycles. The van der Waals surface area contributed by atoms with Crippen molar-refractivity contribution in [2.75, 3.05) is 20.2 Å². The van der Waals surface area contributed by atoms with Crippen LogP contribution < -0.4 is 10.6 Å². The Morgan fingerprint density at radius 2 is 2.15 bits per heavy atom. The summed E-state index contributed by atoms with van der Waals surface area (Å²) in [6.07, 6.45) is 2.44. The second-order valence-corrected chi connectivity index (χ2v) is 5.27. The van der Waals surface area contributed by atoms with Crippen LogP contribution in [0.4, 0.5) is 5.69 Å². The molecule has 0 bridgehead atoms. The van der Waals surface area contributed by atoms with Crippen LogP contribution in [0.25, 0.3) is 0 Å². The number of hydrogen-bond acceptors (Lipinski definition) is 5. The topological polar surface area (TPSA) is 102 Å². The zero-order valence-electron chi connectivity index (χ0n) is 14.5. The van der Waals surface area contributed by atoms with Gasteiger partial charge in [-0.1, -0.05) is 12.1 Å². The van der Waals surface area contributed by atoms with E-state index in [2.05, 4.69) is 15.6 Å². The third-order valence-corrected chi connectivity index (χ3v) is 3.39. The first-order chi connectivity index (χ1) is 12.2. The Labute approximate surface area is 169 Å². The number of hydrogen-bond donors (Lipinski definition) is 2. The SMILES string of the molecule is CN=C(NCCCOCc1ccco1)NCc1cccc([N+](=O)[O-])c1.I. The molecule has 142 valence electrons. The minimum absolute atomic E-state index is 0. The van der Waals surface area contributed by atoms with Gasteiger partial charge in [0.05, 0.1) is 11.2 Å². The molecule has 9 heteroatoms. The second-order valence-electron chi connectivity index (χ2n) is 5.27. The number of nitro groups is 1. The molecule has 0 saturated heterocycles. The number of ether oxygens (including phenoxy) is 1. The summed E-state index contributed by atoms with van der Waals surface area (Å²) in [5, 5.41) is 17.1. The third kappa shape index (κ3) is 7.83. The Balaban J connectivity index is 0.00000338. The van der Waals surface area contributed by atoms with Crippen LogP contribution in [0.3, 0.4) is 0 Å². The van der Waals surface area contributed by atoms with Crippen molar-refractivity contribution in [3.8, 4) is 0 Å². The lowest BCUT2D eigenvalue weighted by Gasteiger charge is -2.12. The van der Waals surface area contributed by atoms with Crippen LogP contribution in [0.15, 0.2) is 52.1 Å². The molecule has 2 aromatic rings. The van der Waals surface area contributed by atoms with E-state index in [1.54, 1.807) is 25.4 Å². The summed E-state index contributed by atoms with van der Waals surface area (Å²) in [6.45, 7) is 2.23. The van der Waals surface area contributed by atoms with Crippen LogP contribution in [0.2, 0.25) is 0 Å². The van der Waals surface area contributed by atoms with E-state index in [1.165, 1.54) is 6.07 Å². The minimum Gasteiger partial charge on any atom is -0.467 e. The fraction of sp³-hybridized carbons (Fsp3) is 0.353. The number of aliphatic imine (C=N–C) groups is 1. The molecule has 0 atom stereocenters. The summed E-state index contributed by atoms with van der Waals surface area (Å²) in [6, 6.07) is 10.2. The Morgan fingerprint density at radius 1 is 1.31 bits per heavy atom. The van der Waals surface area contributed by atoms with E-state index < -0.39 is 4.92 Å². The van der Waals surface area contributed by atoms with Gasteiger partial charge in [-0.15, -0.1) is 24.0 Å². The van der Waals surface area contributed by atoms with E-state index in [9.17, 15) is 10.1 Å². The van der Waals surface area contributed by atoms with Gasteiger partial charge < -0.3 is 19.8 Å². The molecule has 0 aliphatic rings. The first-order valence-electron chi connectivity index (χ1n) is 7.97. The molecule has 1 aromatic heterocycles. The summed E-state index contributed by atoms with van der Waals surface area (Å²) in [4.78, 5) is 14.5. The smallest absolute Gasteiger partial charge is 0.269 e. The lowest BCUT2D eigenvalue weighted by molar-refractivity contribution is -0.384. The quantitative estimate of drug-likeness (QED) is 0.145. The summed E-state index contributed by atoms with van der Waals surface area (Å²) < 4.78 is 10.7. The lowest BCUT2D eigenvalue weighted by Crippen LogP contribution is -2.37. The van der Waals surface area contributed by atoms with Gasteiger partial charge in [-0.3, -0.25) is 15.1 Å². The molecule has 8 nitrogen and oxygen atoms in total. The molecule has 2 rings (SSSR count). The second kappa shape index (κ2) is 12.3. The van der Waals surface area contributed by atoms with Gasteiger partial charge in [0.1, 0.15) is 12.4 Å². The van der Waals surface area contributed by atoms with E-state index in [1.807, 2.05) is 18.2 Å². The monoisotopic (exact) mass is 474 g/mol. The van der Waals surface area contributed by atoms with Crippen LogP contribution in [-0.2, 0) is 17.9 Å². The summed E-state index contributed by atoms with van der Waals surface area (Å²) in [7, 11) is 1.68. The van der Waals surface area contributed by atoms with E-state index in [0.29, 0.717) is 32.3 Å². The van der Waals surface area contributed by atoms with Crippen molar-refractivity contribution >= 4 is 35.6 Å². The van der Waals surface area contributed by atoms with Crippen LogP contribution in [0.5, 0.6) is 0 Å². The molecular weight excluding hydrogens is 451 g/mol. The molecule has 0 radical (unpaired) electrons. The van der Waals surface area contributed by atoms with Gasteiger partial charge in [-0.05, 0) is 24.1 Å². The van der Waals surface area contributed by atoms with Crippen molar-refractivity contribution < 1.29 is 14.1 Å². The molecule has 0 aliphatic heterocycles. The fourth-order valence-electron chi connectivity index (χ4n) is 2.13. The zero-order chi connectivity index (χ0) is 17.9. The molecule has 1 heterocycles. The third-order valence-electron chi connectivity index (χ3n) is 3.39. The van der Waals surface area contributed by atoms with Gasteiger partial charge in [0.15, 0.2) is 5.96 Å². The van der Waals surface area contributed by atoms with Gasteiger partial charge in [0.25, 0.3) is 5.69 Å². The van der Waals surface area contributed by atoms with E-state index in [0.717, 1.165) is 17.7 Å². The number of guanidine groups is 1. The molecule has 26 heavy (non-hydrogen) atoms. The maximum atomic E-state index is 10.8.